The van der Waals surface area contributed by atoms with Crippen LogP contribution in [0.15, 0.2) is 167 Å². The van der Waals surface area contributed by atoms with Gasteiger partial charge < -0.3 is 18.6 Å². The molecule has 0 unspecified atom stereocenters. The number of fused-ring (bicyclic) bond motifs is 9. The van der Waals surface area contributed by atoms with E-state index in [1.165, 1.54) is 33.4 Å². The number of furan rings is 2. The van der Waals surface area contributed by atoms with Crippen molar-refractivity contribution < 1.29 is 8.83 Å². The second-order valence-electron chi connectivity index (χ2n) is 16.7. The van der Waals surface area contributed by atoms with Gasteiger partial charge in [-0.15, -0.1) is 0 Å². The SMILES string of the molecule is Cc1ccc(N(c2ccc(C)c(C)c2)c2ccc3cc4c(cc3c2)oc2c4ccc3c4cc5ccc(N(c6ccc(C)cc6)c6ccc(C)c(C)c6)cc5cc4oc32)cc1. The molecule has 0 saturated carbocycles. The highest BCUT2D eigenvalue weighted by Gasteiger charge is 2.20. The first-order valence-electron chi connectivity index (χ1n) is 20.7. The van der Waals surface area contributed by atoms with Gasteiger partial charge in [-0.25, -0.2) is 0 Å². The number of nitrogens with zero attached hydrogens (tertiary/aromatic N) is 2. The Hall–Kier alpha value is -7.30. The van der Waals surface area contributed by atoms with Gasteiger partial charge in [-0.05, 0) is 195 Å². The van der Waals surface area contributed by atoms with Gasteiger partial charge in [-0.3, -0.25) is 0 Å². The summed E-state index contributed by atoms with van der Waals surface area (Å²) in [6, 6.07) is 57.6. The first-order chi connectivity index (χ1) is 29.1. The Kier molecular flexibility index (Phi) is 8.15. The molecular weight excluding hydrogens is 733 g/mol. The Labute approximate surface area is 349 Å². The molecule has 0 saturated heterocycles. The van der Waals surface area contributed by atoms with Crippen LogP contribution in [0, 0.1) is 41.5 Å². The molecule has 0 N–H and O–H groups in total. The lowest BCUT2D eigenvalue weighted by Gasteiger charge is -2.26. The molecule has 4 heteroatoms. The van der Waals surface area contributed by atoms with E-state index < -0.39 is 0 Å². The molecule has 0 aliphatic carbocycles. The zero-order valence-corrected chi connectivity index (χ0v) is 34.7. The number of benzene rings is 9. The molecule has 11 aromatic rings. The molecule has 2 aromatic heterocycles. The van der Waals surface area contributed by atoms with Gasteiger partial charge in [0.25, 0.3) is 0 Å². The molecule has 0 spiro atoms. The Morgan fingerprint density at radius 2 is 0.650 bits per heavy atom. The van der Waals surface area contributed by atoms with Crippen molar-refractivity contribution in [2.24, 2.45) is 0 Å². The number of hydrogen-bond acceptors (Lipinski definition) is 4. The molecule has 11 rings (SSSR count). The lowest BCUT2D eigenvalue weighted by Crippen LogP contribution is -2.10. The first-order valence-corrected chi connectivity index (χ1v) is 20.7. The van der Waals surface area contributed by atoms with Gasteiger partial charge in [0.05, 0.1) is 0 Å². The smallest absolute Gasteiger partial charge is 0.178 e. The third kappa shape index (κ3) is 5.90. The van der Waals surface area contributed by atoms with Crippen LogP contribution < -0.4 is 9.80 Å². The summed E-state index contributed by atoms with van der Waals surface area (Å²) >= 11 is 0. The maximum Gasteiger partial charge on any atom is 0.178 e. The summed E-state index contributed by atoms with van der Waals surface area (Å²) in [6.45, 7) is 12.9. The molecule has 290 valence electrons. The Balaban J connectivity index is 1.02. The van der Waals surface area contributed by atoms with Gasteiger partial charge in [-0.2, -0.15) is 0 Å². The van der Waals surface area contributed by atoms with Gasteiger partial charge >= 0.3 is 0 Å². The van der Waals surface area contributed by atoms with Crippen LogP contribution in [0.3, 0.4) is 0 Å². The molecule has 0 radical (unpaired) electrons. The van der Waals surface area contributed by atoms with Crippen LogP contribution in [0.25, 0.3) is 65.4 Å². The largest absolute Gasteiger partial charge is 0.452 e. The third-order valence-corrected chi connectivity index (χ3v) is 12.6. The molecule has 0 amide bonds. The normalized spacial score (nSPS) is 11.8. The highest BCUT2D eigenvalue weighted by Crippen LogP contribution is 2.44. The maximum absolute atomic E-state index is 6.77. The first kappa shape index (κ1) is 35.8. The summed E-state index contributed by atoms with van der Waals surface area (Å²) < 4.78 is 13.5. The lowest BCUT2D eigenvalue weighted by atomic mass is 10.0. The van der Waals surface area contributed by atoms with Crippen molar-refractivity contribution >= 4 is 99.5 Å². The average molecular weight is 777 g/mol. The van der Waals surface area contributed by atoms with E-state index in [9.17, 15) is 0 Å². The van der Waals surface area contributed by atoms with Crippen molar-refractivity contribution in [3.63, 3.8) is 0 Å². The van der Waals surface area contributed by atoms with Gasteiger partial charge in [0.15, 0.2) is 11.2 Å². The highest BCUT2D eigenvalue weighted by molar-refractivity contribution is 6.21. The molecule has 9 aromatic carbocycles. The van der Waals surface area contributed by atoms with Gasteiger partial charge in [0.2, 0.25) is 0 Å². The van der Waals surface area contributed by atoms with Crippen molar-refractivity contribution in [3.8, 4) is 0 Å². The molecule has 0 aliphatic heterocycles. The molecule has 0 aliphatic rings. The van der Waals surface area contributed by atoms with Gasteiger partial charge in [0.1, 0.15) is 11.2 Å². The predicted octanol–water partition coefficient (Wildman–Crippen LogP) is 16.6. The van der Waals surface area contributed by atoms with Crippen molar-refractivity contribution in [1.29, 1.82) is 0 Å². The Morgan fingerprint density at radius 3 is 1.05 bits per heavy atom. The van der Waals surface area contributed by atoms with Crippen molar-refractivity contribution in [1.82, 2.24) is 0 Å². The van der Waals surface area contributed by atoms with Crippen LogP contribution in [0.4, 0.5) is 34.1 Å². The Morgan fingerprint density at radius 1 is 0.283 bits per heavy atom. The predicted molar refractivity (Wildman–Crippen MR) is 254 cm³/mol. The standard InChI is InChI=1S/C56H44N2O2/c1-33-7-15-43(16-8-33)57(45-19-11-35(3)37(5)25-45)47-21-13-39-29-51-49-23-24-50-52-30-40-14-22-48(58(44-17-9-34(2)10-18-44)46-20-12-36(4)38(6)26-46)28-42(40)32-54(52)60-56(50)55(49)59-53(51)31-41(39)27-47/h7-32H,1-6H3. The van der Waals surface area contributed by atoms with Crippen LogP contribution in [0.2, 0.25) is 0 Å². The van der Waals surface area contributed by atoms with Crippen molar-refractivity contribution in [3.05, 3.63) is 191 Å². The van der Waals surface area contributed by atoms with Crippen molar-refractivity contribution in [2.45, 2.75) is 41.5 Å². The minimum atomic E-state index is 0.774. The minimum Gasteiger partial charge on any atom is -0.452 e. The zero-order chi connectivity index (χ0) is 40.8. The quantitative estimate of drug-likeness (QED) is 0.168. The summed E-state index contributed by atoms with van der Waals surface area (Å²) in [4.78, 5) is 4.67. The van der Waals surface area contributed by atoms with Crippen LogP contribution in [0.5, 0.6) is 0 Å². The fourth-order valence-electron chi connectivity index (χ4n) is 8.82. The van der Waals surface area contributed by atoms with Crippen LogP contribution in [0.1, 0.15) is 33.4 Å². The van der Waals surface area contributed by atoms with E-state index in [1.54, 1.807) is 0 Å². The number of rotatable bonds is 6. The summed E-state index contributed by atoms with van der Waals surface area (Å²) in [5.74, 6) is 0. The summed E-state index contributed by atoms with van der Waals surface area (Å²) in [7, 11) is 0. The molecule has 4 nitrogen and oxygen atoms in total. The third-order valence-electron chi connectivity index (χ3n) is 12.6. The zero-order valence-electron chi connectivity index (χ0n) is 34.7. The van der Waals surface area contributed by atoms with E-state index in [1.807, 2.05) is 0 Å². The molecule has 0 atom stereocenters. The van der Waals surface area contributed by atoms with E-state index in [-0.39, 0.29) is 0 Å². The van der Waals surface area contributed by atoms with E-state index in [0.717, 1.165) is 99.5 Å². The second-order valence-corrected chi connectivity index (χ2v) is 16.7. The highest BCUT2D eigenvalue weighted by atomic mass is 16.4. The molecule has 0 bridgehead atoms. The summed E-state index contributed by atoms with van der Waals surface area (Å²) in [6.07, 6.45) is 0. The molecular formula is C56H44N2O2. The molecule has 2 heterocycles. The average Bonchev–Trinajstić information content (AvgIpc) is 3.80. The monoisotopic (exact) mass is 776 g/mol. The van der Waals surface area contributed by atoms with Crippen LogP contribution >= 0.6 is 0 Å². The number of hydrogen-bond donors (Lipinski definition) is 0. The van der Waals surface area contributed by atoms with Gasteiger partial charge in [-0.1, -0.05) is 59.7 Å². The number of aryl methyl sites for hydroxylation is 6. The molecule has 0 fully saturated rings. The Bertz CT molecular complexity index is 3260. The second kappa shape index (κ2) is 13.6. The molecule has 60 heavy (non-hydrogen) atoms. The lowest BCUT2D eigenvalue weighted by molar-refractivity contribution is 0.634. The fourth-order valence-corrected chi connectivity index (χ4v) is 8.82. The summed E-state index contributed by atoms with van der Waals surface area (Å²) in [5, 5.41) is 8.80. The van der Waals surface area contributed by atoms with Crippen molar-refractivity contribution in [2.75, 3.05) is 9.80 Å². The van der Waals surface area contributed by atoms with E-state index in [2.05, 4.69) is 209 Å². The summed E-state index contributed by atoms with van der Waals surface area (Å²) in [5.41, 5.74) is 17.5. The topological polar surface area (TPSA) is 32.8 Å². The maximum atomic E-state index is 6.77. The van der Waals surface area contributed by atoms with E-state index in [4.69, 9.17) is 8.83 Å². The van der Waals surface area contributed by atoms with Crippen LogP contribution in [-0.4, -0.2) is 0 Å². The van der Waals surface area contributed by atoms with Crippen LogP contribution in [-0.2, 0) is 0 Å². The van der Waals surface area contributed by atoms with E-state index >= 15 is 0 Å². The number of anilines is 6. The van der Waals surface area contributed by atoms with E-state index in [0.29, 0.717) is 0 Å². The minimum absolute atomic E-state index is 0.774. The van der Waals surface area contributed by atoms with Gasteiger partial charge in [0, 0.05) is 55.7 Å². The fraction of sp³-hybridized carbons (Fsp3) is 0.107.